The Kier molecular flexibility index (Phi) is 3.95. The summed E-state index contributed by atoms with van der Waals surface area (Å²) in [4.78, 5) is 3.57. The number of halogens is 2. The number of hydrogen-bond donors (Lipinski definition) is 1. The minimum absolute atomic E-state index is 0.00259. The van der Waals surface area contributed by atoms with Crippen LogP contribution in [-0.4, -0.2) is 21.3 Å². The Morgan fingerprint density at radius 1 is 1.38 bits per heavy atom. The average molecular weight is 251 g/mol. The molecule has 4 nitrogen and oxygen atoms in total. The molecule has 0 unspecified atom stereocenters. The van der Waals surface area contributed by atoms with Crippen LogP contribution >= 0.6 is 0 Å². The van der Waals surface area contributed by atoms with Crippen LogP contribution in [0.25, 0.3) is 0 Å². The lowest BCUT2D eigenvalue weighted by Gasteiger charge is -2.07. The largest absolute Gasteiger partial charge is 0.304 e. The third kappa shape index (κ3) is 2.97. The van der Waals surface area contributed by atoms with E-state index in [9.17, 15) is 17.2 Å². The van der Waals surface area contributed by atoms with Gasteiger partial charge in [-0.3, -0.25) is 0 Å². The van der Waals surface area contributed by atoms with Gasteiger partial charge in [-0.2, -0.15) is 0 Å². The summed E-state index contributed by atoms with van der Waals surface area (Å²) < 4.78 is 49.0. The van der Waals surface area contributed by atoms with Gasteiger partial charge in [0.05, 0.1) is 6.61 Å². The molecular weight excluding hydrogens is 240 g/mol. The van der Waals surface area contributed by atoms with E-state index in [2.05, 4.69) is 4.84 Å². The first kappa shape index (κ1) is 13.0. The van der Waals surface area contributed by atoms with Gasteiger partial charge >= 0.3 is 0 Å². The van der Waals surface area contributed by atoms with E-state index < -0.39 is 26.4 Å². The minimum Gasteiger partial charge on any atom is -0.304 e. The van der Waals surface area contributed by atoms with Crippen LogP contribution in [0.5, 0.6) is 0 Å². The predicted octanol–water partition coefficient (Wildman–Crippen LogP) is 0.801. The third-order valence-electron chi connectivity index (χ3n) is 1.97. The molecule has 2 N–H and O–H groups in total. The van der Waals surface area contributed by atoms with Gasteiger partial charge in [0.25, 0.3) is 0 Å². The molecule has 0 aliphatic rings. The van der Waals surface area contributed by atoms with Gasteiger partial charge in [-0.1, -0.05) is 0 Å². The summed E-state index contributed by atoms with van der Waals surface area (Å²) in [5.74, 6) is 2.99. The molecule has 0 bridgehead atoms. The zero-order valence-corrected chi connectivity index (χ0v) is 9.35. The van der Waals surface area contributed by atoms with Crippen molar-refractivity contribution >= 4 is 9.84 Å². The minimum atomic E-state index is -3.79. The summed E-state index contributed by atoms with van der Waals surface area (Å²) in [6.07, 6.45) is 0.816. The predicted molar refractivity (Wildman–Crippen MR) is 53.3 cm³/mol. The van der Waals surface area contributed by atoms with Crippen LogP contribution in [0.1, 0.15) is 5.56 Å². The molecule has 1 aromatic carbocycles. The third-order valence-corrected chi connectivity index (χ3v) is 3.06. The lowest BCUT2D eigenvalue weighted by Crippen LogP contribution is -2.09. The van der Waals surface area contributed by atoms with Crippen molar-refractivity contribution in [3.05, 3.63) is 29.3 Å². The molecule has 0 saturated carbocycles. The molecule has 0 fully saturated rings. The van der Waals surface area contributed by atoms with Crippen LogP contribution in [0.2, 0.25) is 0 Å². The Balaban J connectivity index is 3.27. The van der Waals surface area contributed by atoms with Crippen molar-refractivity contribution < 1.29 is 22.0 Å². The second-order valence-corrected chi connectivity index (χ2v) is 5.25. The first-order valence-electron chi connectivity index (χ1n) is 4.36. The molecule has 0 heterocycles. The Morgan fingerprint density at radius 2 is 2.00 bits per heavy atom. The SMILES string of the molecule is CS(=O)(=O)c1cc(F)cc(CCON)c1F. The van der Waals surface area contributed by atoms with Crippen LogP contribution < -0.4 is 5.90 Å². The van der Waals surface area contributed by atoms with E-state index in [0.717, 1.165) is 12.3 Å². The molecule has 0 radical (unpaired) electrons. The van der Waals surface area contributed by atoms with Crippen LogP contribution in [0.3, 0.4) is 0 Å². The number of benzene rings is 1. The smallest absolute Gasteiger partial charge is 0.178 e. The van der Waals surface area contributed by atoms with E-state index in [-0.39, 0.29) is 18.6 Å². The van der Waals surface area contributed by atoms with Gasteiger partial charge in [0.2, 0.25) is 0 Å². The van der Waals surface area contributed by atoms with Crippen molar-refractivity contribution in [1.29, 1.82) is 0 Å². The highest BCUT2D eigenvalue weighted by molar-refractivity contribution is 7.90. The molecule has 90 valence electrons. The highest BCUT2D eigenvalue weighted by Crippen LogP contribution is 2.20. The fraction of sp³-hybridized carbons (Fsp3) is 0.333. The molecule has 0 atom stereocenters. The van der Waals surface area contributed by atoms with E-state index >= 15 is 0 Å². The first-order chi connectivity index (χ1) is 7.36. The highest BCUT2D eigenvalue weighted by atomic mass is 32.2. The van der Waals surface area contributed by atoms with Crippen molar-refractivity contribution in [2.45, 2.75) is 11.3 Å². The van der Waals surface area contributed by atoms with E-state index in [4.69, 9.17) is 5.90 Å². The Bertz CT molecular complexity index is 488. The molecule has 0 saturated heterocycles. The summed E-state index contributed by atoms with van der Waals surface area (Å²) in [6, 6.07) is 1.57. The monoisotopic (exact) mass is 251 g/mol. The van der Waals surface area contributed by atoms with Crippen LogP contribution in [0.4, 0.5) is 8.78 Å². The number of nitrogens with two attached hydrogens (primary N) is 1. The van der Waals surface area contributed by atoms with Crippen molar-refractivity contribution in [3.8, 4) is 0 Å². The maximum Gasteiger partial charge on any atom is 0.178 e. The molecule has 0 spiro atoms. The van der Waals surface area contributed by atoms with E-state index in [1.54, 1.807) is 0 Å². The summed E-state index contributed by atoms with van der Waals surface area (Å²) in [5, 5.41) is 0. The number of rotatable bonds is 4. The Hall–Kier alpha value is -1.05. The maximum atomic E-state index is 13.6. The fourth-order valence-corrected chi connectivity index (χ4v) is 2.02. The fourth-order valence-electron chi connectivity index (χ4n) is 1.24. The number of hydrogen-bond acceptors (Lipinski definition) is 4. The second-order valence-electron chi connectivity index (χ2n) is 3.27. The lowest BCUT2D eigenvalue weighted by molar-refractivity contribution is 0.140. The molecule has 1 aromatic rings. The van der Waals surface area contributed by atoms with Gasteiger partial charge in [-0.25, -0.2) is 23.1 Å². The van der Waals surface area contributed by atoms with E-state index in [1.165, 1.54) is 0 Å². The van der Waals surface area contributed by atoms with Gasteiger partial charge in [-0.05, 0) is 17.7 Å². The molecule has 1 rings (SSSR count). The molecule has 0 aliphatic heterocycles. The molecule has 0 aliphatic carbocycles. The average Bonchev–Trinajstić information content (AvgIpc) is 2.17. The molecular formula is C9H11F2NO3S. The van der Waals surface area contributed by atoms with E-state index in [0.29, 0.717) is 6.07 Å². The van der Waals surface area contributed by atoms with Crippen molar-refractivity contribution in [2.75, 3.05) is 12.9 Å². The molecule has 16 heavy (non-hydrogen) atoms. The van der Waals surface area contributed by atoms with Crippen LogP contribution in [0, 0.1) is 11.6 Å². The maximum absolute atomic E-state index is 13.6. The van der Waals surface area contributed by atoms with Crippen LogP contribution in [0.15, 0.2) is 17.0 Å². The van der Waals surface area contributed by atoms with Gasteiger partial charge in [0.15, 0.2) is 9.84 Å². The van der Waals surface area contributed by atoms with Gasteiger partial charge in [0, 0.05) is 12.7 Å². The van der Waals surface area contributed by atoms with Crippen molar-refractivity contribution in [1.82, 2.24) is 0 Å². The summed E-state index contributed by atoms with van der Waals surface area (Å²) in [7, 11) is -3.79. The highest BCUT2D eigenvalue weighted by Gasteiger charge is 2.18. The summed E-state index contributed by atoms with van der Waals surface area (Å²) >= 11 is 0. The topological polar surface area (TPSA) is 69.4 Å². The molecule has 0 amide bonds. The zero-order valence-electron chi connectivity index (χ0n) is 8.54. The Morgan fingerprint density at radius 3 is 2.50 bits per heavy atom. The summed E-state index contributed by atoms with van der Waals surface area (Å²) in [5.41, 5.74) is -0.0779. The van der Waals surface area contributed by atoms with E-state index in [1.807, 2.05) is 0 Å². The lowest BCUT2D eigenvalue weighted by atomic mass is 10.1. The standard InChI is InChI=1S/C9H11F2NO3S/c1-16(13,14)8-5-7(10)4-6(9(8)11)2-3-15-12/h4-5H,2-3,12H2,1H3. The quantitative estimate of drug-likeness (QED) is 0.804. The van der Waals surface area contributed by atoms with Crippen molar-refractivity contribution in [2.24, 2.45) is 5.90 Å². The van der Waals surface area contributed by atoms with Crippen molar-refractivity contribution in [3.63, 3.8) is 0 Å². The summed E-state index contributed by atoms with van der Waals surface area (Å²) in [6.45, 7) is -0.0242. The normalized spacial score (nSPS) is 11.8. The van der Waals surface area contributed by atoms with Gasteiger partial charge in [-0.15, -0.1) is 0 Å². The molecule has 0 aromatic heterocycles. The first-order valence-corrected chi connectivity index (χ1v) is 6.25. The second kappa shape index (κ2) is 4.86. The zero-order chi connectivity index (χ0) is 12.3. The number of sulfone groups is 1. The van der Waals surface area contributed by atoms with Gasteiger partial charge in [0.1, 0.15) is 16.5 Å². The van der Waals surface area contributed by atoms with Crippen LogP contribution in [-0.2, 0) is 21.1 Å². The van der Waals surface area contributed by atoms with Gasteiger partial charge < -0.3 is 4.84 Å². The molecule has 7 heteroatoms. The Labute approximate surface area is 91.9 Å².